The predicted octanol–water partition coefficient (Wildman–Crippen LogP) is 2.85. The van der Waals surface area contributed by atoms with Crippen LogP contribution >= 0.6 is 11.6 Å². The molecule has 4 nitrogen and oxygen atoms in total. The Kier molecular flexibility index (Phi) is 3.80. The van der Waals surface area contributed by atoms with Gasteiger partial charge in [-0.25, -0.2) is 0 Å². The zero-order valence-electron chi connectivity index (χ0n) is 8.14. The zero-order chi connectivity index (χ0) is 11.4. The number of nitrogens with zero attached hydrogens (tertiary/aromatic N) is 1. The van der Waals surface area contributed by atoms with E-state index in [-0.39, 0.29) is 18.0 Å². The average Bonchev–Trinajstić information content (AvgIpc) is 2.16. The van der Waals surface area contributed by atoms with E-state index in [0.29, 0.717) is 5.56 Å². The van der Waals surface area contributed by atoms with Crippen LogP contribution in [0, 0.1) is 10.1 Å². The Balaban J connectivity index is 3.02. The van der Waals surface area contributed by atoms with Crippen molar-refractivity contribution in [2.45, 2.75) is 19.3 Å². The van der Waals surface area contributed by atoms with Gasteiger partial charge >= 0.3 is 0 Å². The number of hydrogen-bond acceptors (Lipinski definition) is 3. The molecule has 1 aromatic carbocycles. The number of rotatable bonds is 4. The average molecular weight is 228 g/mol. The molecule has 0 radical (unpaired) electrons. The number of para-hydroxylation sites is 1. The van der Waals surface area contributed by atoms with Gasteiger partial charge in [0.1, 0.15) is 0 Å². The monoisotopic (exact) mass is 227 g/mol. The van der Waals surface area contributed by atoms with Crippen LogP contribution in [0.5, 0.6) is 0 Å². The van der Waals surface area contributed by atoms with Gasteiger partial charge in [0.25, 0.3) is 5.69 Å². The molecule has 1 rings (SSSR count). The third-order valence-corrected chi connectivity index (χ3v) is 2.29. The minimum Gasteiger partial charge on any atom is -0.281 e. The molecule has 1 aromatic rings. The van der Waals surface area contributed by atoms with Gasteiger partial charge in [-0.3, -0.25) is 14.9 Å². The van der Waals surface area contributed by atoms with Gasteiger partial charge in [0.15, 0.2) is 0 Å². The van der Waals surface area contributed by atoms with Crippen LogP contribution < -0.4 is 0 Å². The lowest BCUT2D eigenvalue weighted by atomic mass is 9.97. The predicted molar refractivity (Wildman–Crippen MR) is 57.0 cm³/mol. The first-order valence-corrected chi connectivity index (χ1v) is 4.82. The van der Waals surface area contributed by atoms with Gasteiger partial charge in [0, 0.05) is 18.1 Å². The molecule has 1 atom stereocenters. The Bertz CT molecular complexity index is 392. The van der Waals surface area contributed by atoms with Gasteiger partial charge in [0.05, 0.1) is 4.92 Å². The highest BCUT2D eigenvalue weighted by molar-refractivity contribution is 6.63. The summed E-state index contributed by atoms with van der Waals surface area (Å²) in [5, 5.41) is 10.2. The van der Waals surface area contributed by atoms with Crippen molar-refractivity contribution in [3.63, 3.8) is 0 Å². The Morgan fingerprint density at radius 2 is 2.13 bits per heavy atom. The number of halogens is 1. The Hall–Kier alpha value is -1.42. The second-order valence-electron chi connectivity index (χ2n) is 3.28. The molecule has 0 aromatic heterocycles. The fraction of sp³-hybridized carbons (Fsp3) is 0.300. The summed E-state index contributed by atoms with van der Waals surface area (Å²) in [7, 11) is 0. The third-order valence-electron chi connectivity index (χ3n) is 2.13. The summed E-state index contributed by atoms with van der Waals surface area (Å²) in [6.07, 6.45) is 0.104. The van der Waals surface area contributed by atoms with Crippen molar-refractivity contribution >= 4 is 22.5 Å². The second kappa shape index (κ2) is 4.89. The maximum absolute atomic E-state index is 10.7. The topological polar surface area (TPSA) is 60.2 Å². The number of nitro groups is 1. The molecular formula is C10H10ClNO3. The van der Waals surface area contributed by atoms with Crippen molar-refractivity contribution in [3.05, 3.63) is 39.9 Å². The standard InChI is InChI=1S/C10H10ClNO3/c1-7(6-10(11)13)8-4-2-3-5-9(8)12(14)15/h2-5,7H,6H2,1H3. The highest BCUT2D eigenvalue weighted by atomic mass is 35.5. The van der Waals surface area contributed by atoms with E-state index in [1.807, 2.05) is 0 Å². The molecule has 0 aliphatic heterocycles. The molecule has 0 aliphatic carbocycles. The second-order valence-corrected chi connectivity index (χ2v) is 3.70. The molecule has 0 N–H and O–H groups in total. The van der Waals surface area contributed by atoms with E-state index in [9.17, 15) is 14.9 Å². The molecular weight excluding hydrogens is 218 g/mol. The number of nitro benzene ring substituents is 1. The first-order chi connectivity index (χ1) is 7.02. The Morgan fingerprint density at radius 3 is 2.67 bits per heavy atom. The lowest BCUT2D eigenvalue weighted by molar-refractivity contribution is -0.385. The fourth-order valence-corrected chi connectivity index (χ4v) is 1.65. The molecule has 5 heteroatoms. The summed E-state index contributed by atoms with van der Waals surface area (Å²) in [5.74, 6) is -0.239. The molecule has 0 heterocycles. The fourth-order valence-electron chi connectivity index (χ4n) is 1.42. The molecule has 0 spiro atoms. The van der Waals surface area contributed by atoms with Crippen LogP contribution in [-0.2, 0) is 4.79 Å². The van der Waals surface area contributed by atoms with E-state index in [2.05, 4.69) is 0 Å². The number of carbonyl (C=O) groups is 1. The van der Waals surface area contributed by atoms with E-state index in [4.69, 9.17) is 11.6 Å². The molecule has 0 amide bonds. The van der Waals surface area contributed by atoms with Gasteiger partial charge in [-0.05, 0) is 17.5 Å². The van der Waals surface area contributed by atoms with E-state index in [1.165, 1.54) is 6.07 Å². The maximum atomic E-state index is 10.7. The van der Waals surface area contributed by atoms with E-state index in [0.717, 1.165) is 0 Å². The molecule has 0 saturated carbocycles. The summed E-state index contributed by atoms with van der Waals surface area (Å²) >= 11 is 5.25. The highest BCUT2D eigenvalue weighted by Gasteiger charge is 2.19. The number of benzene rings is 1. The van der Waals surface area contributed by atoms with Crippen LogP contribution in [0.1, 0.15) is 24.8 Å². The van der Waals surface area contributed by atoms with Crippen LogP contribution in [0.25, 0.3) is 0 Å². The quantitative estimate of drug-likeness (QED) is 0.451. The van der Waals surface area contributed by atoms with Crippen molar-refractivity contribution in [1.82, 2.24) is 0 Å². The minimum atomic E-state index is -0.486. The molecule has 80 valence electrons. The number of carbonyl (C=O) groups excluding carboxylic acids is 1. The molecule has 0 bridgehead atoms. The summed E-state index contributed by atoms with van der Waals surface area (Å²) in [6, 6.07) is 6.36. The molecule has 0 fully saturated rings. The summed E-state index contributed by atoms with van der Waals surface area (Å²) in [6.45, 7) is 1.74. The SMILES string of the molecule is CC(CC(=O)Cl)c1ccccc1[N+](=O)[O-]. The van der Waals surface area contributed by atoms with E-state index in [1.54, 1.807) is 25.1 Å². The summed E-state index contributed by atoms with van der Waals surface area (Å²) in [5.41, 5.74) is 0.569. The smallest absolute Gasteiger partial charge is 0.272 e. The third kappa shape index (κ3) is 3.02. The first kappa shape index (κ1) is 11.7. The van der Waals surface area contributed by atoms with Crippen LogP contribution in [0.3, 0.4) is 0 Å². The van der Waals surface area contributed by atoms with Crippen LogP contribution in [0.4, 0.5) is 5.69 Å². The Morgan fingerprint density at radius 1 is 1.53 bits per heavy atom. The van der Waals surface area contributed by atoms with Crippen molar-refractivity contribution in [3.8, 4) is 0 Å². The highest BCUT2D eigenvalue weighted by Crippen LogP contribution is 2.28. The summed E-state index contributed by atoms with van der Waals surface area (Å²) < 4.78 is 0. The Labute approximate surface area is 92.0 Å². The largest absolute Gasteiger partial charge is 0.281 e. The van der Waals surface area contributed by atoms with Gasteiger partial charge < -0.3 is 0 Å². The van der Waals surface area contributed by atoms with E-state index >= 15 is 0 Å². The van der Waals surface area contributed by atoms with Gasteiger partial charge in [-0.15, -0.1) is 0 Å². The molecule has 0 aliphatic rings. The van der Waals surface area contributed by atoms with Crippen molar-refractivity contribution < 1.29 is 9.72 Å². The van der Waals surface area contributed by atoms with Crippen molar-refractivity contribution in [2.24, 2.45) is 0 Å². The molecule has 15 heavy (non-hydrogen) atoms. The molecule has 1 unspecified atom stereocenters. The normalized spacial score (nSPS) is 12.1. The summed E-state index contributed by atoms with van der Waals surface area (Å²) in [4.78, 5) is 21.0. The molecule has 0 saturated heterocycles. The maximum Gasteiger partial charge on any atom is 0.272 e. The van der Waals surface area contributed by atoms with Crippen molar-refractivity contribution in [2.75, 3.05) is 0 Å². The van der Waals surface area contributed by atoms with Gasteiger partial charge in [-0.2, -0.15) is 0 Å². The van der Waals surface area contributed by atoms with Crippen LogP contribution in [0.2, 0.25) is 0 Å². The van der Waals surface area contributed by atoms with Crippen LogP contribution in [-0.4, -0.2) is 10.2 Å². The number of hydrogen-bond donors (Lipinski definition) is 0. The van der Waals surface area contributed by atoms with Crippen molar-refractivity contribution in [1.29, 1.82) is 0 Å². The first-order valence-electron chi connectivity index (χ1n) is 4.44. The lowest BCUT2D eigenvalue weighted by Crippen LogP contribution is -2.02. The van der Waals surface area contributed by atoms with Gasteiger partial charge in [0.2, 0.25) is 5.24 Å². The van der Waals surface area contributed by atoms with Gasteiger partial charge in [-0.1, -0.05) is 25.1 Å². The minimum absolute atomic E-state index is 0.0305. The van der Waals surface area contributed by atoms with Crippen LogP contribution in [0.15, 0.2) is 24.3 Å². The van der Waals surface area contributed by atoms with E-state index < -0.39 is 10.2 Å². The zero-order valence-corrected chi connectivity index (χ0v) is 8.90. The lowest BCUT2D eigenvalue weighted by Gasteiger charge is -2.08.